The van der Waals surface area contributed by atoms with E-state index in [2.05, 4.69) is 5.32 Å². The quantitative estimate of drug-likeness (QED) is 0.611. The van der Waals surface area contributed by atoms with Crippen molar-refractivity contribution in [3.8, 4) is 0 Å². The van der Waals surface area contributed by atoms with Gasteiger partial charge in [-0.3, -0.25) is 10.1 Å². The summed E-state index contributed by atoms with van der Waals surface area (Å²) in [5.41, 5.74) is 0. The average Bonchev–Trinajstić information content (AvgIpc) is 2.40. The molecule has 0 aromatic heterocycles. The third-order valence-electron chi connectivity index (χ3n) is 2.70. The van der Waals surface area contributed by atoms with E-state index in [4.69, 9.17) is 5.11 Å². The Balaban J connectivity index is 2.13. The van der Waals surface area contributed by atoms with Gasteiger partial charge in [-0.15, -0.1) is 0 Å². The topological polar surface area (TPSA) is 49.3 Å². The van der Waals surface area contributed by atoms with E-state index in [1.807, 2.05) is 0 Å². The number of hydrogen-bond donors (Lipinski definition) is 2. The molecule has 3 nitrogen and oxygen atoms in total. The summed E-state index contributed by atoms with van der Waals surface area (Å²) in [5.74, 6) is -4.10. The molecule has 0 aromatic carbocycles. The molecule has 1 saturated carbocycles. The third kappa shape index (κ3) is 0.924. The zero-order valence-electron chi connectivity index (χ0n) is 6.26. The first-order valence-corrected chi connectivity index (χ1v) is 3.87. The number of halogens is 2. The van der Waals surface area contributed by atoms with Gasteiger partial charge >= 0.3 is 5.97 Å². The molecule has 0 amide bonds. The van der Waals surface area contributed by atoms with Crippen molar-refractivity contribution >= 4 is 5.97 Å². The summed E-state index contributed by atoms with van der Waals surface area (Å²) in [6, 6.07) is -1.67. The highest BCUT2D eigenvalue weighted by Crippen LogP contribution is 2.45. The lowest BCUT2D eigenvalue weighted by atomic mass is 9.99. The molecule has 3 atom stereocenters. The van der Waals surface area contributed by atoms with Gasteiger partial charge in [-0.1, -0.05) is 0 Å². The fourth-order valence-electron chi connectivity index (χ4n) is 2.12. The van der Waals surface area contributed by atoms with E-state index in [1.54, 1.807) is 0 Å². The Morgan fingerprint density at radius 1 is 1.58 bits per heavy atom. The van der Waals surface area contributed by atoms with Gasteiger partial charge in [0, 0.05) is 6.42 Å². The third-order valence-corrected chi connectivity index (χ3v) is 2.70. The van der Waals surface area contributed by atoms with Gasteiger partial charge in [0.25, 0.3) is 5.92 Å². The van der Waals surface area contributed by atoms with Crippen LogP contribution in [0.3, 0.4) is 0 Å². The van der Waals surface area contributed by atoms with Gasteiger partial charge in [-0.25, -0.2) is 8.78 Å². The molecule has 2 rings (SSSR count). The Bertz CT molecular complexity index is 231. The van der Waals surface area contributed by atoms with Gasteiger partial charge in [-0.2, -0.15) is 0 Å². The van der Waals surface area contributed by atoms with E-state index >= 15 is 0 Å². The van der Waals surface area contributed by atoms with Crippen LogP contribution < -0.4 is 5.32 Å². The van der Waals surface area contributed by atoms with Crippen LogP contribution in [0.15, 0.2) is 0 Å². The molecule has 2 N–H and O–H groups in total. The highest BCUT2D eigenvalue weighted by Gasteiger charge is 2.58. The summed E-state index contributed by atoms with van der Waals surface area (Å²) in [6.45, 7) is 0. The highest BCUT2D eigenvalue weighted by atomic mass is 19.3. The largest absolute Gasteiger partial charge is 0.480 e. The van der Waals surface area contributed by atoms with Gasteiger partial charge in [0.1, 0.15) is 6.04 Å². The summed E-state index contributed by atoms with van der Waals surface area (Å²) in [5, 5.41) is 11.0. The maximum Gasteiger partial charge on any atom is 0.320 e. The number of fused-ring (bicyclic) bond motifs is 2. The summed E-state index contributed by atoms with van der Waals surface area (Å²) in [4.78, 5) is 10.5. The molecule has 1 heterocycles. The van der Waals surface area contributed by atoms with Crippen molar-refractivity contribution in [2.45, 2.75) is 30.8 Å². The fraction of sp³-hybridized carbons (Fsp3) is 0.857. The predicted octanol–water partition coefficient (Wildman–Crippen LogP) is 0.457. The van der Waals surface area contributed by atoms with Crippen LogP contribution in [0.5, 0.6) is 0 Å². The summed E-state index contributed by atoms with van der Waals surface area (Å²) in [7, 11) is 0. The average molecular weight is 177 g/mol. The molecule has 0 aromatic rings. The lowest BCUT2D eigenvalue weighted by Crippen LogP contribution is -2.50. The molecule has 2 fully saturated rings. The zero-order valence-corrected chi connectivity index (χ0v) is 6.26. The SMILES string of the molecule is O=C(O)[C@H]1N[C@H]2C[C@H]1CC2(F)F. The van der Waals surface area contributed by atoms with E-state index in [1.165, 1.54) is 0 Å². The Hall–Kier alpha value is -0.710. The van der Waals surface area contributed by atoms with Crippen molar-refractivity contribution in [2.75, 3.05) is 0 Å². The van der Waals surface area contributed by atoms with Crippen molar-refractivity contribution in [3.05, 3.63) is 0 Å². The van der Waals surface area contributed by atoms with Crippen LogP contribution in [0.25, 0.3) is 0 Å². The number of alkyl halides is 2. The fourth-order valence-corrected chi connectivity index (χ4v) is 2.12. The molecule has 68 valence electrons. The molecule has 5 heteroatoms. The molecule has 0 spiro atoms. The second kappa shape index (κ2) is 2.16. The van der Waals surface area contributed by atoms with Crippen LogP contribution >= 0.6 is 0 Å². The van der Waals surface area contributed by atoms with Gasteiger partial charge in [0.05, 0.1) is 6.04 Å². The van der Waals surface area contributed by atoms with Crippen LogP contribution in [0.2, 0.25) is 0 Å². The summed E-state index contributed by atoms with van der Waals surface area (Å²) >= 11 is 0. The van der Waals surface area contributed by atoms with Crippen LogP contribution in [-0.2, 0) is 4.79 Å². The lowest BCUT2D eigenvalue weighted by Gasteiger charge is -2.26. The van der Waals surface area contributed by atoms with Crippen LogP contribution in [-0.4, -0.2) is 29.1 Å². The number of carbonyl (C=O) groups is 1. The minimum absolute atomic E-state index is 0.276. The number of rotatable bonds is 1. The molecule has 0 radical (unpaired) electrons. The second-order valence-corrected chi connectivity index (χ2v) is 3.50. The normalized spacial score (nSPS) is 43.3. The Morgan fingerprint density at radius 3 is 2.58 bits per heavy atom. The molecule has 2 bridgehead atoms. The van der Waals surface area contributed by atoms with Crippen molar-refractivity contribution in [2.24, 2.45) is 5.92 Å². The van der Waals surface area contributed by atoms with Crippen molar-refractivity contribution < 1.29 is 18.7 Å². The van der Waals surface area contributed by atoms with E-state index in [-0.39, 0.29) is 12.3 Å². The van der Waals surface area contributed by atoms with Gasteiger partial charge in [0.2, 0.25) is 0 Å². The summed E-state index contributed by atoms with van der Waals surface area (Å²) < 4.78 is 25.6. The van der Waals surface area contributed by atoms with Crippen LogP contribution in [0.1, 0.15) is 12.8 Å². The van der Waals surface area contributed by atoms with E-state index in [0.717, 1.165) is 0 Å². The molecular weight excluding hydrogens is 168 g/mol. The number of nitrogens with one attached hydrogen (secondary N) is 1. The molecule has 1 aliphatic carbocycles. The number of hydrogen-bond acceptors (Lipinski definition) is 2. The van der Waals surface area contributed by atoms with Crippen molar-refractivity contribution in [1.82, 2.24) is 5.32 Å². The first kappa shape index (κ1) is 7.91. The Labute approximate surface area is 67.8 Å². The first-order chi connectivity index (χ1) is 5.50. The number of carboxylic acids is 1. The van der Waals surface area contributed by atoms with E-state index < -0.39 is 24.0 Å². The van der Waals surface area contributed by atoms with Crippen molar-refractivity contribution in [3.63, 3.8) is 0 Å². The smallest absolute Gasteiger partial charge is 0.320 e. The highest BCUT2D eigenvalue weighted by molar-refractivity contribution is 5.74. The molecule has 1 aliphatic heterocycles. The van der Waals surface area contributed by atoms with E-state index in [9.17, 15) is 13.6 Å². The molecular formula is C7H9F2NO2. The number of carboxylic acid groups (broad SMARTS) is 1. The first-order valence-electron chi connectivity index (χ1n) is 3.87. The lowest BCUT2D eigenvalue weighted by molar-refractivity contribution is -0.142. The molecule has 0 unspecified atom stereocenters. The number of piperidine rings is 1. The van der Waals surface area contributed by atoms with Gasteiger partial charge < -0.3 is 5.11 Å². The van der Waals surface area contributed by atoms with Crippen LogP contribution in [0, 0.1) is 5.92 Å². The zero-order chi connectivity index (χ0) is 8.93. The minimum Gasteiger partial charge on any atom is -0.480 e. The monoisotopic (exact) mass is 177 g/mol. The molecule has 2 aliphatic rings. The van der Waals surface area contributed by atoms with Crippen molar-refractivity contribution in [1.29, 1.82) is 0 Å². The van der Waals surface area contributed by atoms with Gasteiger partial charge in [-0.05, 0) is 12.3 Å². The maximum absolute atomic E-state index is 12.8. The number of aliphatic carboxylic acids is 1. The molecule has 12 heavy (non-hydrogen) atoms. The second-order valence-electron chi connectivity index (χ2n) is 3.50. The molecule has 1 saturated heterocycles. The summed E-state index contributed by atoms with van der Waals surface area (Å²) in [6.07, 6.45) is 0.0194. The predicted molar refractivity (Wildman–Crippen MR) is 36.0 cm³/mol. The van der Waals surface area contributed by atoms with E-state index in [0.29, 0.717) is 6.42 Å². The van der Waals surface area contributed by atoms with Crippen LogP contribution in [0.4, 0.5) is 8.78 Å². The maximum atomic E-state index is 12.8. The minimum atomic E-state index is -2.70. The Morgan fingerprint density at radius 2 is 2.25 bits per heavy atom. The Kier molecular flexibility index (Phi) is 1.42. The standard InChI is InChI=1S/C7H9F2NO2/c8-7(9)2-3-1-4(7)10-5(3)6(11)12/h3-5,10H,1-2H2,(H,11,12)/t3-,4-,5-/m0/s1. The van der Waals surface area contributed by atoms with Gasteiger partial charge in [0.15, 0.2) is 0 Å².